The summed E-state index contributed by atoms with van der Waals surface area (Å²) in [5.74, 6) is -0.458. The zero-order valence-electron chi connectivity index (χ0n) is 21.4. The molecular weight excluding hydrogens is 486 g/mol. The van der Waals surface area contributed by atoms with Gasteiger partial charge in [0.05, 0.1) is 6.61 Å². The lowest BCUT2D eigenvalue weighted by molar-refractivity contribution is -0.170. The second-order valence-electron chi connectivity index (χ2n) is 11.5. The number of allylic oxidation sites excluding steroid dienone is 1. The van der Waals surface area contributed by atoms with Crippen molar-refractivity contribution in [3.8, 4) is 0 Å². The number of hydrogen-bond donors (Lipinski definition) is 2. The van der Waals surface area contributed by atoms with Crippen LogP contribution in [0, 0.1) is 28.6 Å². The highest BCUT2D eigenvalue weighted by molar-refractivity contribution is 5.95. The molecule has 202 valence electrons. The molecule has 0 aliphatic heterocycles. The smallest absolute Gasteiger partial charge is 0.434 e. The van der Waals surface area contributed by atoms with Crippen molar-refractivity contribution < 1.29 is 33.8 Å². The number of ketones is 3. The van der Waals surface area contributed by atoms with Crippen molar-refractivity contribution in [3.05, 3.63) is 11.6 Å². The fourth-order valence-electron chi connectivity index (χ4n) is 7.71. The molecule has 0 saturated heterocycles. The molecule has 0 amide bonds. The first-order valence-corrected chi connectivity index (χ1v) is 13.1. The lowest BCUT2D eigenvalue weighted by Gasteiger charge is -2.57. The fourth-order valence-corrected chi connectivity index (χ4v) is 7.71. The first kappa shape index (κ1) is 28.8. The molecule has 4 aliphatic rings. The predicted molar refractivity (Wildman–Crippen MR) is 135 cm³/mol. The van der Waals surface area contributed by atoms with Crippen molar-refractivity contribution in [2.75, 3.05) is 19.8 Å². The summed E-state index contributed by atoms with van der Waals surface area (Å²) in [7, 11) is 0. The van der Waals surface area contributed by atoms with Gasteiger partial charge in [0.25, 0.3) is 0 Å². The highest BCUT2D eigenvalue weighted by atomic mass is 35.5. The van der Waals surface area contributed by atoms with E-state index in [1.165, 1.54) is 0 Å². The highest BCUT2D eigenvalue weighted by Gasteiger charge is 2.68. The number of fused-ring (bicyclic) bond motifs is 5. The Labute approximate surface area is 219 Å². The Hall–Kier alpha value is -1.77. The molecule has 36 heavy (non-hydrogen) atoms. The molecule has 0 aromatic rings. The van der Waals surface area contributed by atoms with Gasteiger partial charge in [0.1, 0.15) is 11.4 Å². The summed E-state index contributed by atoms with van der Waals surface area (Å²) >= 11 is 0. The van der Waals surface area contributed by atoms with Crippen LogP contribution in [0.15, 0.2) is 11.6 Å². The molecule has 3 fully saturated rings. The minimum atomic E-state index is -1.72. The van der Waals surface area contributed by atoms with Crippen molar-refractivity contribution >= 4 is 35.9 Å². The topological polar surface area (TPSA) is 133 Å². The van der Waals surface area contributed by atoms with Gasteiger partial charge in [0.2, 0.25) is 5.78 Å². The normalized spacial score (nSPS) is 37.1. The highest BCUT2D eigenvalue weighted by Crippen LogP contribution is 2.66. The fraction of sp³-hybridized carbons (Fsp3) is 0.778. The third-order valence-electron chi connectivity index (χ3n) is 9.66. The van der Waals surface area contributed by atoms with Crippen LogP contribution in [0.25, 0.3) is 0 Å². The van der Waals surface area contributed by atoms with Crippen LogP contribution in [0.4, 0.5) is 4.79 Å². The van der Waals surface area contributed by atoms with E-state index < -0.39 is 29.6 Å². The maximum absolute atomic E-state index is 13.6. The van der Waals surface area contributed by atoms with Gasteiger partial charge in [-0.2, -0.15) is 0 Å². The average Bonchev–Trinajstić information content (AvgIpc) is 3.08. The molecule has 0 bridgehead atoms. The van der Waals surface area contributed by atoms with Crippen molar-refractivity contribution in [1.82, 2.24) is 0 Å². The summed E-state index contributed by atoms with van der Waals surface area (Å²) in [6.07, 6.45) is 6.88. The number of hydrogen-bond acceptors (Lipinski definition) is 8. The maximum Gasteiger partial charge on any atom is 0.508 e. The standard InChI is InChI=1S/C27H39NO7.ClH/c1-25-10-8-18(29)14-17(25)6-7-19-20-9-11-27(33,26(20,2)15-21(30)23(19)25)22(31)16-35-24(32)34-13-5-3-4-12-28;/h14,19-20,23,33H,3-13,15-16,28H2,1-2H3;1H/t19-,20-,23+,25-,26-,27-;/m0./s1. The van der Waals surface area contributed by atoms with E-state index in [1.807, 2.05) is 6.92 Å². The van der Waals surface area contributed by atoms with Crippen molar-refractivity contribution in [3.63, 3.8) is 0 Å². The molecule has 3 N–H and O–H groups in total. The Balaban J connectivity index is 0.00000361. The average molecular weight is 526 g/mol. The van der Waals surface area contributed by atoms with E-state index in [-0.39, 0.29) is 66.6 Å². The number of halogens is 1. The molecule has 0 radical (unpaired) electrons. The molecule has 4 rings (SSSR count). The minimum Gasteiger partial charge on any atom is -0.434 e. The van der Waals surface area contributed by atoms with E-state index in [1.54, 1.807) is 6.08 Å². The van der Waals surface area contributed by atoms with Crippen LogP contribution in [-0.4, -0.2) is 54.0 Å². The Morgan fingerprint density at radius 2 is 1.83 bits per heavy atom. The molecule has 9 heteroatoms. The van der Waals surface area contributed by atoms with E-state index in [4.69, 9.17) is 15.2 Å². The molecule has 0 aromatic carbocycles. The van der Waals surface area contributed by atoms with Crippen LogP contribution in [0.3, 0.4) is 0 Å². The molecule has 0 spiro atoms. The SMILES string of the molecule is C[C@]12CCC(=O)C=C1CC[C@@H]1[C@@H]2C(=O)C[C@@]2(C)[C@H]1CC[C@]2(O)C(=O)COC(=O)OCCCCCN.Cl. The quantitative estimate of drug-likeness (QED) is 0.362. The summed E-state index contributed by atoms with van der Waals surface area (Å²) in [4.78, 5) is 50.8. The van der Waals surface area contributed by atoms with Gasteiger partial charge in [-0.05, 0) is 81.2 Å². The van der Waals surface area contributed by atoms with Crippen LogP contribution < -0.4 is 5.73 Å². The Morgan fingerprint density at radius 3 is 2.56 bits per heavy atom. The molecule has 0 heterocycles. The molecule has 6 atom stereocenters. The summed E-state index contributed by atoms with van der Waals surface area (Å²) in [5.41, 5.74) is 3.58. The predicted octanol–water partition coefficient (Wildman–Crippen LogP) is 3.70. The summed E-state index contributed by atoms with van der Waals surface area (Å²) < 4.78 is 10.0. The van der Waals surface area contributed by atoms with Crippen molar-refractivity contribution in [2.45, 2.75) is 83.7 Å². The Kier molecular flexibility index (Phi) is 8.73. The van der Waals surface area contributed by atoms with Gasteiger partial charge in [-0.15, -0.1) is 12.4 Å². The van der Waals surface area contributed by atoms with Crippen LogP contribution in [0.2, 0.25) is 0 Å². The number of rotatable bonds is 8. The molecule has 0 aromatic heterocycles. The van der Waals surface area contributed by atoms with E-state index in [0.29, 0.717) is 32.2 Å². The number of ether oxygens (including phenoxy) is 2. The number of nitrogens with two attached hydrogens (primary N) is 1. The molecule has 0 unspecified atom stereocenters. The van der Waals surface area contributed by atoms with Gasteiger partial charge in [-0.3, -0.25) is 14.4 Å². The second kappa shape index (κ2) is 10.9. The first-order chi connectivity index (χ1) is 16.6. The maximum atomic E-state index is 13.6. The van der Waals surface area contributed by atoms with Crippen LogP contribution in [-0.2, 0) is 23.9 Å². The molecule has 3 saturated carbocycles. The first-order valence-electron chi connectivity index (χ1n) is 13.1. The number of carbonyl (C=O) groups is 4. The van der Waals surface area contributed by atoms with E-state index in [0.717, 1.165) is 31.3 Å². The summed E-state index contributed by atoms with van der Waals surface area (Å²) in [6.45, 7) is 4.16. The van der Waals surface area contributed by atoms with Gasteiger partial charge in [-0.1, -0.05) is 19.4 Å². The summed E-state index contributed by atoms with van der Waals surface area (Å²) in [6, 6.07) is 0. The molecule has 4 aliphatic carbocycles. The zero-order chi connectivity index (χ0) is 25.4. The largest absolute Gasteiger partial charge is 0.508 e. The van der Waals surface area contributed by atoms with E-state index in [2.05, 4.69) is 6.92 Å². The zero-order valence-corrected chi connectivity index (χ0v) is 22.2. The van der Waals surface area contributed by atoms with Crippen LogP contribution >= 0.6 is 12.4 Å². The molecular formula is C27H40ClNO7. The lowest BCUT2D eigenvalue weighted by Crippen LogP contribution is -2.61. The number of Topliss-reactive ketones (excluding diaryl/α,β-unsaturated/α-hetero) is 2. The third kappa shape index (κ3) is 4.76. The van der Waals surface area contributed by atoms with Gasteiger partial charge in [0.15, 0.2) is 12.4 Å². The van der Waals surface area contributed by atoms with Crippen molar-refractivity contribution in [1.29, 1.82) is 0 Å². The number of aliphatic hydroxyl groups is 1. The third-order valence-corrected chi connectivity index (χ3v) is 9.66. The second-order valence-corrected chi connectivity index (χ2v) is 11.5. The van der Waals surface area contributed by atoms with E-state index >= 15 is 0 Å². The van der Waals surface area contributed by atoms with E-state index in [9.17, 15) is 24.3 Å². The Morgan fingerprint density at radius 1 is 1.08 bits per heavy atom. The lowest BCUT2D eigenvalue weighted by atomic mass is 9.46. The summed E-state index contributed by atoms with van der Waals surface area (Å²) in [5, 5.41) is 11.6. The number of unbranched alkanes of at least 4 members (excludes halogenated alkanes) is 2. The van der Waals surface area contributed by atoms with Gasteiger partial charge in [-0.25, -0.2) is 4.79 Å². The van der Waals surface area contributed by atoms with Gasteiger partial charge >= 0.3 is 6.16 Å². The van der Waals surface area contributed by atoms with Gasteiger partial charge < -0.3 is 20.3 Å². The van der Waals surface area contributed by atoms with Gasteiger partial charge in [0, 0.05) is 24.2 Å². The Bertz CT molecular complexity index is 935. The number of carbonyl (C=O) groups excluding carboxylic acids is 4. The monoisotopic (exact) mass is 525 g/mol. The minimum absolute atomic E-state index is 0. The van der Waals surface area contributed by atoms with Crippen molar-refractivity contribution in [2.24, 2.45) is 34.3 Å². The van der Waals surface area contributed by atoms with Crippen LogP contribution in [0.1, 0.15) is 78.1 Å². The molecule has 8 nitrogen and oxygen atoms in total. The van der Waals surface area contributed by atoms with Crippen LogP contribution in [0.5, 0.6) is 0 Å².